The molecule has 0 fully saturated rings. The molecule has 0 saturated heterocycles. The van der Waals surface area contributed by atoms with Crippen LogP contribution in [-0.2, 0) is 0 Å². The van der Waals surface area contributed by atoms with Crippen LogP contribution in [0.5, 0.6) is 11.5 Å². The van der Waals surface area contributed by atoms with E-state index in [0.717, 1.165) is 0 Å². The van der Waals surface area contributed by atoms with E-state index in [0.29, 0.717) is 0 Å². The van der Waals surface area contributed by atoms with Gasteiger partial charge in [0.15, 0.2) is 11.5 Å². The van der Waals surface area contributed by atoms with E-state index in [1.54, 1.807) is 6.07 Å². The summed E-state index contributed by atoms with van der Waals surface area (Å²) in [6.07, 6.45) is 1.46. The molecule has 0 aliphatic carbocycles. The third-order valence-corrected chi connectivity index (χ3v) is 2.61. The molecule has 0 aliphatic heterocycles. The number of alkyl halides is 2. The minimum absolute atomic E-state index is 0.0618. The largest absolute Gasteiger partial charge is 0.493 e. The van der Waals surface area contributed by atoms with Crippen LogP contribution in [0.1, 0.15) is 25.8 Å². The number of nitrogens with zero attached hydrogens (tertiary/aromatic N) is 1. The van der Waals surface area contributed by atoms with Gasteiger partial charge in [-0.05, 0) is 12.0 Å². The summed E-state index contributed by atoms with van der Waals surface area (Å²) in [6.45, 7) is 0.622. The van der Waals surface area contributed by atoms with Crippen molar-refractivity contribution in [2.75, 3.05) is 7.11 Å². The molecule has 7 heteroatoms. The van der Waals surface area contributed by atoms with E-state index in [4.69, 9.17) is 4.74 Å². The molecule has 0 aromatic heterocycles. The van der Waals surface area contributed by atoms with Gasteiger partial charge in [0.2, 0.25) is 5.70 Å². The Labute approximate surface area is 121 Å². The van der Waals surface area contributed by atoms with Crippen molar-refractivity contribution in [2.45, 2.75) is 26.9 Å². The van der Waals surface area contributed by atoms with E-state index in [1.165, 1.54) is 25.3 Å². The maximum atomic E-state index is 12.5. The van der Waals surface area contributed by atoms with Crippen molar-refractivity contribution in [1.82, 2.24) is 0 Å². The van der Waals surface area contributed by atoms with Crippen LogP contribution in [0.3, 0.4) is 0 Å². The predicted octanol–water partition coefficient (Wildman–Crippen LogP) is 3.96. The fourth-order valence-electron chi connectivity index (χ4n) is 1.81. The second-order valence-corrected chi connectivity index (χ2v) is 4.75. The zero-order valence-corrected chi connectivity index (χ0v) is 12.0. The van der Waals surface area contributed by atoms with Gasteiger partial charge in [-0.2, -0.15) is 8.78 Å². The quantitative estimate of drug-likeness (QED) is 0.565. The molecule has 0 saturated carbocycles. The molecule has 1 aromatic carbocycles. The van der Waals surface area contributed by atoms with Crippen molar-refractivity contribution < 1.29 is 23.2 Å². The Morgan fingerprint density at radius 2 is 2.10 bits per heavy atom. The third-order valence-electron chi connectivity index (χ3n) is 2.61. The topological polar surface area (TPSA) is 61.6 Å². The first kappa shape index (κ1) is 16.9. The Kier molecular flexibility index (Phi) is 6.08. The SMILES string of the molecule is COc1cccc(C=C(CC(C)C)[N+](=O)[O-])c1OC(F)F. The molecule has 0 atom stereocenters. The molecule has 116 valence electrons. The van der Waals surface area contributed by atoms with Crippen LogP contribution in [0.25, 0.3) is 6.08 Å². The van der Waals surface area contributed by atoms with Gasteiger partial charge < -0.3 is 9.47 Å². The van der Waals surface area contributed by atoms with Crippen molar-refractivity contribution in [3.63, 3.8) is 0 Å². The Hall–Kier alpha value is -2.18. The predicted molar refractivity (Wildman–Crippen MR) is 74.1 cm³/mol. The van der Waals surface area contributed by atoms with Gasteiger partial charge in [-0.25, -0.2) is 0 Å². The highest BCUT2D eigenvalue weighted by molar-refractivity contribution is 5.63. The first-order chi connectivity index (χ1) is 9.85. The van der Waals surface area contributed by atoms with E-state index in [1.807, 2.05) is 13.8 Å². The van der Waals surface area contributed by atoms with Crippen LogP contribution >= 0.6 is 0 Å². The van der Waals surface area contributed by atoms with Crippen LogP contribution in [0.4, 0.5) is 8.78 Å². The number of hydrogen-bond donors (Lipinski definition) is 0. The smallest absolute Gasteiger partial charge is 0.387 e. The lowest BCUT2D eigenvalue weighted by molar-refractivity contribution is -0.427. The fraction of sp³-hybridized carbons (Fsp3) is 0.429. The Morgan fingerprint density at radius 1 is 1.43 bits per heavy atom. The monoisotopic (exact) mass is 301 g/mol. The standard InChI is InChI=1S/C14H17F2NO4/c1-9(2)7-11(17(18)19)8-10-5-4-6-12(20-3)13(10)21-14(15)16/h4-6,8-9,14H,7H2,1-3H3. The number of halogens is 2. The summed E-state index contributed by atoms with van der Waals surface area (Å²) in [5, 5.41) is 11.0. The molecule has 0 spiro atoms. The van der Waals surface area contributed by atoms with Gasteiger partial charge >= 0.3 is 6.61 Å². The van der Waals surface area contributed by atoms with E-state index < -0.39 is 11.5 Å². The zero-order chi connectivity index (χ0) is 16.0. The van der Waals surface area contributed by atoms with Gasteiger partial charge in [0.05, 0.1) is 12.0 Å². The zero-order valence-electron chi connectivity index (χ0n) is 12.0. The summed E-state index contributed by atoms with van der Waals surface area (Å²) in [7, 11) is 1.31. The Bertz CT molecular complexity index is 530. The van der Waals surface area contributed by atoms with Gasteiger partial charge in [0.25, 0.3) is 0 Å². The average molecular weight is 301 g/mol. The highest BCUT2D eigenvalue weighted by Gasteiger charge is 2.18. The second kappa shape index (κ2) is 7.56. The number of para-hydroxylation sites is 1. The molecule has 0 heterocycles. The summed E-state index contributed by atoms with van der Waals surface area (Å²) in [6, 6.07) is 4.46. The van der Waals surface area contributed by atoms with Crippen LogP contribution in [0.2, 0.25) is 0 Å². The highest BCUT2D eigenvalue weighted by atomic mass is 19.3. The molecular weight excluding hydrogens is 284 g/mol. The molecule has 1 rings (SSSR count). The summed E-state index contributed by atoms with van der Waals surface area (Å²) < 4.78 is 34.4. The summed E-state index contributed by atoms with van der Waals surface area (Å²) in [5.41, 5.74) is 0.111. The van der Waals surface area contributed by atoms with Crippen LogP contribution < -0.4 is 9.47 Å². The average Bonchev–Trinajstić information content (AvgIpc) is 2.38. The molecule has 0 unspecified atom stereocenters. The maximum Gasteiger partial charge on any atom is 0.387 e. The van der Waals surface area contributed by atoms with Gasteiger partial charge in [0, 0.05) is 18.1 Å². The molecule has 0 aliphatic rings. The van der Waals surface area contributed by atoms with E-state index in [-0.39, 0.29) is 35.1 Å². The van der Waals surface area contributed by atoms with E-state index >= 15 is 0 Å². The number of ether oxygens (including phenoxy) is 2. The normalized spacial score (nSPS) is 11.9. The van der Waals surface area contributed by atoms with Gasteiger partial charge in [-0.15, -0.1) is 0 Å². The third kappa shape index (κ3) is 5.02. The molecule has 0 N–H and O–H groups in total. The molecule has 0 bridgehead atoms. The van der Waals surface area contributed by atoms with Crippen LogP contribution in [-0.4, -0.2) is 18.6 Å². The van der Waals surface area contributed by atoms with Gasteiger partial charge in [-0.1, -0.05) is 26.0 Å². The molecule has 0 radical (unpaired) electrons. The summed E-state index contributed by atoms with van der Waals surface area (Å²) in [4.78, 5) is 10.5. The lowest BCUT2D eigenvalue weighted by Gasteiger charge is -2.12. The van der Waals surface area contributed by atoms with Crippen LogP contribution in [0.15, 0.2) is 23.9 Å². The summed E-state index contributed by atoms with van der Waals surface area (Å²) in [5.74, 6) is -0.0545. The van der Waals surface area contributed by atoms with Crippen molar-refractivity contribution in [2.24, 2.45) is 5.92 Å². The first-order valence-electron chi connectivity index (χ1n) is 6.32. The molecule has 21 heavy (non-hydrogen) atoms. The lowest BCUT2D eigenvalue weighted by Crippen LogP contribution is -2.06. The highest BCUT2D eigenvalue weighted by Crippen LogP contribution is 2.34. The number of rotatable bonds is 7. The second-order valence-electron chi connectivity index (χ2n) is 4.75. The van der Waals surface area contributed by atoms with Crippen molar-refractivity contribution in [3.05, 3.63) is 39.6 Å². The molecule has 1 aromatic rings. The van der Waals surface area contributed by atoms with Gasteiger partial charge in [0.1, 0.15) is 0 Å². The van der Waals surface area contributed by atoms with Crippen molar-refractivity contribution >= 4 is 6.08 Å². The first-order valence-corrected chi connectivity index (χ1v) is 6.32. The fourth-order valence-corrected chi connectivity index (χ4v) is 1.81. The number of allylic oxidation sites excluding steroid dienone is 1. The molecule has 5 nitrogen and oxygen atoms in total. The van der Waals surface area contributed by atoms with Crippen molar-refractivity contribution in [1.29, 1.82) is 0 Å². The van der Waals surface area contributed by atoms with Crippen molar-refractivity contribution in [3.8, 4) is 11.5 Å². The number of hydrogen-bond acceptors (Lipinski definition) is 4. The van der Waals surface area contributed by atoms with Crippen LogP contribution in [0, 0.1) is 16.0 Å². The number of benzene rings is 1. The summed E-state index contributed by atoms with van der Waals surface area (Å²) >= 11 is 0. The Balaban J connectivity index is 3.29. The van der Waals surface area contributed by atoms with Gasteiger partial charge in [-0.3, -0.25) is 10.1 Å². The lowest BCUT2D eigenvalue weighted by atomic mass is 10.1. The molecule has 0 amide bonds. The Morgan fingerprint density at radius 3 is 2.57 bits per heavy atom. The minimum atomic E-state index is -3.04. The van der Waals surface area contributed by atoms with E-state index in [2.05, 4.69) is 4.74 Å². The number of methoxy groups -OCH3 is 1. The minimum Gasteiger partial charge on any atom is -0.493 e. The maximum absolute atomic E-state index is 12.5. The molecular formula is C14H17F2NO4. The van der Waals surface area contributed by atoms with E-state index in [9.17, 15) is 18.9 Å². The number of nitro groups is 1.